The third kappa shape index (κ3) is 3.68. The summed E-state index contributed by atoms with van der Waals surface area (Å²) in [5.41, 5.74) is 2.20. The van der Waals surface area contributed by atoms with Gasteiger partial charge in [-0.1, -0.05) is 28.1 Å². The van der Waals surface area contributed by atoms with Crippen molar-refractivity contribution in [2.24, 2.45) is 7.05 Å². The predicted molar refractivity (Wildman–Crippen MR) is 70.8 cm³/mol. The average molecular weight is 295 g/mol. The largest absolute Gasteiger partial charge is 0.392 e. The van der Waals surface area contributed by atoms with Gasteiger partial charge in [0.05, 0.1) is 12.3 Å². The minimum Gasteiger partial charge on any atom is -0.392 e. The van der Waals surface area contributed by atoms with Gasteiger partial charge in [0, 0.05) is 24.1 Å². The summed E-state index contributed by atoms with van der Waals surface area (Å²) in [6, 6.07) is 8.02. The molecule has 2 aromatic rings. The fourth-order valence-electron chi connectivity index (χ4n) is 1.86. The van der Waals surface area contributed by atoms with Crippen LogP contribution in [0.2, 0.25) is 0 Å². The molecule has 0 aliphatic carbocycles. The summed E-state index contributed by atoms with van der Waals surface area (Å²) in [5.74, 6) is 0. The van der Waals surface area contributed by atoms with Crippen LogP contribution in [0.25, 0.3) is 0 Å². The number of hydrogen-bond donors (Lipinski definition) is 1. The van der Waals surface area contributed by atoms with E-state index in [1.165, 1.54) is 0 Å². The van der Waals surface area contributed by atoms with E-state index in [1.54, 1.807) is 10.9 Å². The van der Waals surface area contributed by atoms with Crippen LogP contribution in [0.5, 0.6) is 0 Å². The molecule has 0 aliphatic rings. The molecule has 3 nitrogen and oxygen atoms in total. The molecule has 1 aromatic heterocycles. The van der Waals surface area contributed by atoms with Crippen molar-refractivity contribution in [3.8, 4) is 0 Å². The van der Waals surface area contributed by atoms with Gasteiger partial charge in [0.25, 0.3) is 0 Å². The van der Waals surface area contributed by atoms with Gasteiger partial charge in [-0.2, -0.15) is 5.10 Å². The fourth-order valence-corrected chi connectivity index (χ4v) is 2.30. The summed E-state index contributed by atoms with van der Waals surface area (Å²) in [6.07, 6.45) is 4.66. The lowest BCUT2D eigenvalue weighted by Gasteiger charge is -2.09. The molecule has 0 amide bonds. The summed E-state index contributed by atoms with van der Waals surface area (Å²) < 4.78 is 2.80. The maximum atomic E-state index is 10.0. The van der Waals surface area contributed by atoms with Crippen LogP contribution in [-0.2, 0) is 19.9 Å². The molecule has 0 saturated heterocycles. The Labute approximate surface area is 109 Å². The lowest BCUT2D eigenvalue weighted by Crippen LogP contribution is -2.13. The highest BCUT2D eigenvalue weighted by molar-refractivity contribution is 9.10. The zero-order chi connectivity index (χ0) is 12.3. The van der Waals surface area contributed by atoms with Crippen molar-refractivity contribution in [1.29, 1.82) is 0 Å². The second-order valence-corrected chi connectivity index (χ2v) is 5.13. The number of hydrogen-bond acceptors (Lipinski definition) is 2. The molecule has 90 valence electrons. The molecule has 1 aromatic carbocycles. The zero-order valence-electron chi connectivity index (χ0n) is 9.68. The molecule has 0 saturated carbocycles. The molecule has 1 unspecified atom stereocenters. The van der Waals surface area contributed by atoms with Gasteiger partial charge in [-0.25, -0.2) is 0 Å². The van der Waals surface area contributed by atoms with E-state index in [-0.39, 0.29) is 6.10 Å². The van der Waals surface area contributed by atoms with Crippen LogP contribution in [-0.4, -0.2) is 21.0 Å². The summed E-state index contributed by atoms with van der Waals surface area (Å²) >= 11 is 3.43. The van der Waals surface area contributed by atoms with E-state index >= 15 is 0 Å². The van der Waals surface area contributed by atoms with Gasteiger partial charge in [-0.05, 0) is 29.7 Å². The topological polar surface area (TPSA) is 38.0 Å². The second-order valence-electron chi connectivity index (χ2n) is 4.21. The van der Waals surface area contributed by atoms with Crippen LogP contribution in [0.4, 0.5) is 0 Å². The van der Waals surface area contributed by atoms with Crippen molar-refractivity contribution in [3.63, 3.8) is 0 Å². The summed E-state index contributed by atoms with van der Waals surface area (Å²) in [6.45, 7) is 0. The average Bonchev–Trinajstić information content (AvgIpc) is 2.63. The molecule has 4 heteroatoms. The first-order valence-corrected chi connectivity index (χ1v) is 6.33. The monoisotopic (exact) mass is 294 g/mol. The van der Waals surface area contributed by atoms with E-state index in [2.05, 4.69) is 21.0 Å². The Morgan fingerprint density at radius 2 is 2.12 bits per heavy atom. The first-order chi connectivity index (χ1) is 8.13. The van der Waals surface area contributed by atoms with E-state index < -0.39 is 0 Å². The third-order valence-corrected chi connectivity index (χ3v) is 3.08. The number of halogens is 1. The Balaban J connectivity index is 1.95. The van der Waals surface area contributed by atoms with Gasteiger partial charge in [0.1, 0.15) is 0 Å². The van der Waals surface area contributed by atoms with Crippen molar-refractivity contribution >= 4 is 15.9 Å². The van der Waals surface area contributed by atoms with E-state index in [0.29, 0.717) is 12.8 Å². The smallest absolute Gasteiger partial charge is 0.0622 e. The molecule has 0 spiro atoms. The minimum absolute atomic E-state index is 0.367. The summed E-state index contributed by atoms with van der Waals surface area (Å²) in [4.78, 5) is 0. The van der Waals surface area contributed by atoms with Crippen LogP contribution >= 0.6 is 15.9 Å². The summed E-state index contributed by atoms with van der Waals surface area (Å²) in [7, 11) is 1.88. The van der Waals surface area contributed by atoms with Crippen molar-refractivity contribution in [2.45, 2.75) is 18.9 Å². The number of nitrogens with zero attached hydrogens (tertiary/aromatic N) is 2. The summed E-state index contributed by atoms with van der Waals surface area (Å²) in [5, 5.41) is 14.1. The highest BCUT2D eigenvalue weighted by Crippen LogP contribution is 2.14. The van der Waals surface area contributed by atoms with Crippen molar-refractivity contribution in [3.05, 3.63) is 52.3 Å². The van der Waals surface area contributed by atoms with E-state index in [4.69, 9.17) is 0 Å². The number of benzene rings is 1. The standard InChI is InChI=1S/C13H15BrN2O/c1-16-9-11(8-15-16)7-13(17)6-10-3-2-4-12(14)5-10/h2-5,8-9,13,17H,6-7H2,1H3. The Hall–Kier alpha value is -1.13. The number of rotatable bonds is 4. The Morgan fingerprint density at radius 1 is 1.35 bits per heavy atom. The molecule has 1 atom stereocenters. The van der Waals surface area contributed by atoms with Gasteiger partial charge in [-0.3, -0.25) is 4.68 Å². The Bertz CT molecular complexity index is 496. The van der Waals surface area contributed by atoms with Crippen LogP contribution in [0.15, 0.2) is 41.1 Å². The molecule has 2 rings (SSSR count). The molecular formula is C13H15BrN2O. The molecular weight excluding hydrogens is 280 g/mol. The lowest BCUT2D eigenvalue weighted by molar-refractivity contribution is 0.175. The van der Waals surface area contributed by atoms with E-state index in [9.17, 15) is 5.11 Å². The highest BCUT2D eigenvalue weighted by atomic mass is 79.9. The first kappa shape index (κ1) is 12.3. The first-order valence-electron chi connectivity index (χ1n) is 5.53. The second kappa shape index (κ2) is 5.47. The fraction of sp³-hybridized carbons (Fsp3) is 0.308. The van der Waals surface area contributed by atoms with Crippen LogP contribution < -0.4 is 0 Å². The number of aliphatic hydroxyl groups is 1. The minimum atomic E-state index is -0.367. The van der Waals surface area contributed by atoms with Crippen LogP contribution in [0.3, 0.4) is 0 Å². The maximum absolute atomic E-state index is 10.0. The Morgan fingerprint density at radius 3 is 2.76 bits per heavy atom. The van der Waals surface area contributed by atoms with E-state index in [0.717, 1.165) is 15.6 Å². The maximum Gasteiger partial charge on any atom is 0.0622 e. The van der Waals surface area contributed by atoms with Crippen LogP contribution in [0, 0.1) is 0 Å². The quantitative estimate of drug-likeness (QED) is 0.940. The van der Waals surface area contributed by atoms with Gasteiger partial charge >= 0.3 is 0 Å². The van der Waals surface area contributed by atoms with Crippen molar-refractivity contribution in [1.82, 2.24) is 9.78 Å². The normalized spacial score (nSPS) is 12.6. The van der Waals surface area contributed by atoms with Gasteiger partial charge in [0.2, 0.25) is 0 Å². The van der Waals surface area contributed by atoms with Crippen LogP contribution in [0.1, 0.15) is 11.1 Å². The highest BCUT2D eigenvalue weighted by Gasteiger charge is 2.08. The molecule has 0 bridgehead atoms. The number of aliphatic hydroxyl groups excluding tert-OH is 1. The number of aryl methyl sites for hydroxylation is 1. The molecule has 0 aliphatic heterocycles. The number of aromatic nitrogens is 2. The third-order valence-electron chi connectivity index (χ3n) is 2.59. The predicted octanol–water partition coefficient (Wildman–Crippen LogP) is 2.33. The molecule has 1 N–H and O–H groups in total. The molecule has 17 heavy (non-hydrogen) atoms. The Kier molecular flexibility index (Phi) is 3.97. The van der Waals surface area contributed by atoms with Gasteiger partial charge in [0.15, 0.2) is 0 Å². The van der Waals surface area contributed by atoms with Gasteiger partial charge < -0.3 is 5.11 Å². The zero-order valence-corrected chi connectivity index (χ0v) is 11.3. The van der Waals surface area contributed by atoms with Gasteiger partial charge in [-0.15, -0.1) is 0 Å². The molecule has 0 fully saturated rings. The van der Waals surface area contributed by atoms with Crippen molar-refractivity contribution in [2.75, 3.05) is 0 Å². The van der Waals surface area contributed by atoms with Crippen molar-refractivity contribution < 1.29 is 5.11 Å². The van der Waals surface area contributed by atoms with E-state index in [1.807, 2.05) is 37.5 Å². The molecule has 0 radical (unpaired) electrons. The lowest BCUT2D eigenvalue weighted by atomic mass is 10.0. The SMILES string of the molecule is Cn1cc(CC(O)Cc2cccc(Br)c2)cn1. The molecule has 1 heterocycles.